The number of amides is 1. The van der Waals surface area contributed by atoms with Crippen LogP contribution in [-0.2, 0) is 6.18 Å². The van der Waals surface area contributed by atoms with Crippen molar-refractivity contribution >= 4 is 5.91 Å². The Morgan fingerprint density at radius 2 is 1.58 bits per heavy atom. The van der Waals surface area contributed by atoms with Crippen molar-refractivity contribution in [2.75, 3.05) is 52.4 Å². The molecule has 5 nitrogen and oxygen atoms in total. The fourth-order valence-electron chi connectivity index (χ4n) is 5.49. The Hall–Kier alpha value is -2.58. The number of hydrogen-bond donors (Lipinski definition) is 0. The van der Waals surface area contributed by atoms with Crippen LogP contribution in [0.15, 0.2) is 36.4 Å². The number of piperazine rings is 1. The van der Waals surface area contributed by atoms with Gasteiger partial charge in [0.1, 0.15) is 12.4 Å². The standard InChI is InChI=1S/C30H40F3N3O2/c1-21-11-13-34(14-12-21)19-20-38-28-10-9-27(22(2)23(28)3)24(4)35-15-17-36(18-16-35)29(37)25-5-7-26(8-6-25)30(31,32)33/h5-10,21,24H,11-20H2,1-4H3. The highest BCUT2D eigenvalue weighted by atomic mass is 19.4. The summed E-state index contributed by atoms with van der Waals surface area (Å²) >= 11 is 0. The Bertz CT molecular complexity index is 1090. The smallest absolute Gasteiger partial charge is 0.416 e. The van der Waals surface area contributed by atoms with E-state index in [4.69, 9.17) is 4.74 Å². The van der Waals surface area contributed by atoms with Gasteiger partial charge in [-0.05, 0) is 99.6 Å². The van der Waals surface area contributed by atoms with E-state index in [0.717, 1.165) is 49.0 Å². The minimum Gasteiger partial charge on any atom is -0.492 e. The Morgan fingerprint density at radius 3 is 2.18 bits per heavy atom. The van der Waals surface area contributed by atoms with E-state index in [1.807, 2.05) is 0 Å². The monoisotopic (exact) mass is 531 g/mol. The molecule has 2 fully saturated rings. The number of likely N-dealkylation sites (tertiary alicyclic amines) is 1. The predicted molar refractivity (Wildman–Crippen MR) is 144 cm³/mol. The zero-order valence-electron chi connectivity index (χ0n) is 23.0. The lowest BCUT2D eigenvalue weighted by Crippen LogP contribution is -2.49. The molecule has 0 N–H and O–H groups in total. The van der Waals surface area contributed by atoms with Gasteiger partial charge < -0.3 is 9.64 Å². The summed E-state index contributed by atoms with van der Waals surface area (Å²) in [5.41, 5.74) is 3.19. The van der Waals surface area contributed by atoms with E-state index in [2.05, 4.69) is 49.6 Å². The predicted octanol–water partition coefficient (Wildman–Crippen LogP) is 5.95. The van der Waals surface area contributed by atoms with E-state index in [9.17, 15) is 18.0 Å². The number of hydrogen-bond acceptors (Lipinski definition) is 4. The maximum Gasteiger partial charge on any atom is 0.416 e. The van der Waals surface area contributed by atoms with Crippen LogP contribution in [-0.4, -0.2) is 73.0 Å². The van der Waals surface area contributed by atoms with Gasteiger partial charge in [-0.2, -0.15) is 13.2 Å². The summed E-state index contributed by atoms with van der Waals surface area (Å²) in [6.45, 7) is 15.2. The molecule has 0 spiro atoms. The van der Waals surface area contributed by atoms with Gasteiger partial charge in [0.25, 0.3) is 5.91 Å². The fourth-order valence-corrected chi connectivity index (χ4v) is 5.49. The summed E-state index contributed by atoms with van der Waals surface area (Å²) in [4.78, 5) is 19.4. The van der Waals surface area contributed by atoms with Crippen molar-refractivity contribution in [1.82, 2.24) is 14.7 Å². The van der Waals surface area contributed by atoms with E-state index in [-0.39, 0.29) is 17.5 Å². The normalized spacial score (nSPS) is 19.0. The second kappa shape index (κ2) is 12.1. The highest BCUT2D eigenvalue weighted by molar-refractivity contribution is 5.94. The van der Waals surface area contributed by atoms with Crippen molar-refractivity contribution in [3.63, 3.8) is 0 Å². The summed E-state index contributed by atoms with van der Waals surface area (Å²) < 4.78 is 44.7. The van der Waals surface area contributed by atoms with Gasteiger partial charge in [0.05, 0.1) is 5.56 Å². The van der Waals surface area contributed by atoms with Crippen molar-refractivity contribution in [2.45, 2.75) is 52.8 Å². The fraction of sp³-hybridized carbons (Fsp3) is 0.567. The van der Waals surface area contributed by atoms with Crippen LogP contribution < -0.4 is 4.74 Å². The maximum absolute atomic E-state index is 12.9. The van der Waals surface area contributed by atoms with Gasteiger partial charge in [-0.1, -0.05) is 13.0 Å². The topological polar surface area (TPSA) is 36.0 Å². The molecule has 0 saturated carbocycles. The molecule has 2 aromatic rings. The molecule has 0 aromatic heterocycles. The number of ether oxygens (including phenoxy) is 1. The number of carbonyl (C=O) groups is 1. The van der Waals surface area contributed by atoms with E-state index in [1.54, 1.807) is 4.90 Å². The van der Waals surface area contributed by atoms with E-state index < -0.39 is 11.7 Å². The van der Waals surface area contributed by atoms with Crippen LogP contribution >= 0.6 is 0 Å². The Labute approximate surface area is 224 Å². The summed E-state index contributed by atoms with van der Waals surface area (Å²) in [6.07, 6.45) is -1.87. The average Bonchev–Trinajstić information content (AvgIpc) is 2.91. The number of alkyl halides is 3. The van der Waals surface area contributed by atoms with Gasteiger partial charge >= 0.3 is 6.18 Å². The number of halogens is 3. The van der Waals surface area contributed by atoms with Crippen molar-refractivity contribution in [3.05, 3.63) is 64.2 Å². The molecule has 2 aliphatic heterocycles. The number of benzene rings is 2. The molecule has 2 aromatic carbocycles. The molecule has 0 radical (unpaired) electrons. The first-order chi connectivity index (χ1) is 18.0. The van der Waals surface area contributed by atoms with Crippen LogP contribution in [0.4, 0.5) is 13.2 Å². The van der Waals surface area contributed by atoms with Crippen LogP contribution in [0.3, 0.4) is 0 Å². The van der Waals surface area contributed by atoms with Crippen molar-refractivity contribution < 1.29 is 22.7 Å². The molecule has 208 valence electrons. The van der Waals surface area contributed by atoms with Gasteiger partial charge in [-0.3, -0.25) is 14.6 Å². The van der Waals surface area contributed by atoms with Crippen molar-refractivity contribution in [1.29, 1.82) is 0 Å². The highest BCUT2D eigenvalue weighted by Gasteiger charge is 2.31. The number of piperidine rings is 1. The molecule has 1 unspecified atom stereocenters. The third-order valence-corrected chi connectivity index (χ3v) is 8.38. The lowest BCUT2D eigenvalue weighted by molar-refractivity contribution is -0.137. The van der Waals surface area contributed by atoms with Gasteiger partial charge in [0, 0.05) is 44.3 Å². The third kappa shape index (κ3) is 6.70. The third-order valence-electron chi connectivity index (χ3n) is 8.38. The van der Waals surface area contributed by atoms with Crippen LogP contribution in [0.2, 0.25) is 0 Å². The molecular weight excluding hydrogens is 491 g/mol. The summed E-state index contributed by atoms with van der Waals surface area (Å²) in [5.74, 6) is 1.54. The van der Waals surface area contributed by atoms with Crippen LogP contribution in [0, 0.1) is 19.8 Å². The first-order valence-corrected chi connectivity index (χ1v) is 13.7. The zero-order chi connectivity index (χ0) is 27.4. The molecule has 8 heteroatoms. The van der Waals surface area contributed by atoms with Crippen molar-refractivity contribution in [3.8, 4) is 5.75 Å². The molecule has 0 aliphatic carbocycles. The minimum atomic E-state index is -4.41. The van der Waals surface area contributed by atoms with E-state index in [0.29, 0.717) is 32.8 Å². The van der Waals surface area contributed by atoms with Crippen LogP contribution in [0.5, 0.6) is 5.75 Å². The molecule has 2 saturated heterocycles. The van der Waals surface area contributed by atoms with Gasteiger partial charge in [0.2, 0.25) is 0 Å². The summed E-state index contributed by atoms with van der Waals surface area (Å²) in [6, 6.07) is 8.89. The quantitative estimate of drug-likeness (QED) is 0.442. The number of rotatable bonds is 7. The van der Waals surface area contributed by atoms with Gasteiger partial charge in [-0.25, -0.2) is 0 Å². The molecule has 2 heterocycles. The number of nitrogens with zero attached hydrogens (tertiary/aromatic N) is 3. The van der Waals surface area contributed by atoms with E-state index in [1.165, 1.54) is 36.1 Å². The second-order valence-corrected chi connectivity index (χ2v) is 10.9. The van der Waals surface area contributed by atoms with Gasteiger partial charge in [0.15, 0.2) is 0 Å². The molecule has 0 bridgehead atoms. The average molecular weight is 532 g/mol. The van der Waals surface area contributed by atoms with Crippen molar-refractivity contribution in [2.24, 2.45) is 5.92 Å². The molecule has 38 heavy (non-hydrogen) atoms. The van der Waals surface area contributed by atoms with Crippen LogP contribution in [0.1, 0.15) is 65.3 Å². The summed E-state index contributed by atoms with van der Waals surface area (Å²) in [7, 11) is 0. The molecular formula is C30H40F3N3O2. The zero-order valence-corrected chi connectivity index (χ0v) is 23.0. The maximum atomic E-state index is 12.9. The minimum absolute atomic E-state index is 0.182. The Morgan fingerprint density at radius 1 is 0.947 bits per heavy atom. The number of carbonyl (C=O) groups excluding carboxylic acids is 1. The second-order valence-electron chi connectivity index (χ2n) is 10.9. The first-order valence-electron chi connectivity index (χ1n) is 13.7. The Balaban J connectivity index is 1.30. The SMILES string of the molecule is Cc1c(OCCN2CCC(C)CC2)ccc(C(C)N2CCN(C(=O)c3ccc(C(F)(F)F)cc3)CC2)c1C. The largest absolute Gasteiger partial charge is 0.492 e. The molecule has 2 aliphatic rings. The molecule has 4 rings (SSSR count). The molecule has 1 atom stereocenters. The lowest BCUT2D eigenvalue weighted by atomic mass is 9.96. The van der Waals surface area contributed by atoms with Gasteiger partial charge in [-0.15, -0.1) is 0 Å². The Kier molecular flexibility index (Phi) is 9.04. The van der Waals surface area contributed by atoms with E-state index >= 15 is 0 Å². The highest BCUT2D eigenvalue weighted by Crippen LogP contribution is 2.32. The summed E-state index contributed by atoms with van der Waals surface area (Å²) in [5, 5.41) is 0. The van der Waals surface area contributed by atoms with Crippen LogP contribution in [0.25, 0.3) is 0 Å². The first kappa shape index (κ1) is 28.4. The molecule has 1 amide bonds. The lowest BCUT2D eigenvalue weighted by Gasteiger charge is -2.39.